The molecule has 0 saturated carbocycles. The Morgan fingerprint density at radius 3 is 2.95 bits per heavy atom. The van der Waals surface area contributed by atoms with Crippen LogP contribution in [0.15, 0.2) is 53.8 Å². The molecule has 5 nitrogen and oxygen atoms in total. The number of anilines is 1. The number of aromatic nitrogens is 1. The van der Waals surface area contributed by atoms with Gasteiger partial charge in [-0.1, -0.05) is 25.1 Å². The summed E-state index contributed by atoms with van der Waals surface area (Å²) in [5.41, 5.74) is 2.20. The van der Waals surface area contributed by atoms with E-state index in [0.29, 0.717) is 13.2 Å². The van der Waals surface area contributed by atoms with Crippen LogP contribution in [0.1, 0.15) is 12.5 Å². The molecule has 0 radical (unpaired) electrons. The van der Waals surface area contributed by atoms with Gasteiger partial charge in [0.15, 0.2) is 5.96 Å². The number of para-hydroxylation sites is 1. The fourth-order valence-corrected chi connectivity index (χ4v) is 2.25. The zero-order chi connectivity index (χ0) is 15.2. The van der Waals surface area contributed by atoms with E-state index in [2.05, 4.69) is 27.5 Å². The molecule has 22 heavy (non-hydrogen) atoms. The highest BCUT2D eigenvalue weighted by Gasteiger charge is 2.18. The van der Waals surface area contributed by atoms with Crippen LogP contribution in [-0.2, 0) is 6.42 Å². The Hall–Kier alpha value is -2.56. The van der Waals surface area contributed by atoms with Crippen LogP contribution in [0.3, 0.4) is 0 Å². The van der Waals surface area contributed by atoms with Crippen LogP contribution >= 0.6 is 0 Å². The molecule has 0 amide bonds. The van der Waals surface area contributed by atoms with Gasteiger partial charge in [0.1, 0.15) is 12.4 Å². The summed E-state index contributed by atoms with van der Waals surface area (Å²) in [6.45, 7) is 3.38. The Morgan fingerprint density at radius 1 is 1.27 bits per heavy atom. The molecule has 1 aliphatic rings. The van der Waals surface area contributed by atoms with Crippen molar-refractivity contribution in [1.82, 2.24) is 10.3 Å². The summed E-state index contributed by atoms with van der Waals surface area (Å²) >= 11 is 0. The number of aliphatic imine (C=N–C) groups is 1. The van der Waals surface area contributed by atoms with Crippen molar-refractivity contribution in [2.75, 3.05) is 18.5 Å². The lowest BCUT2D eigenvalue weighted by Gasteiger charge is -2.14. The molecule has 1 aromatic carbocycles. The van der Waals surface area contributed by atoms with Gasteiger partial charge < -0.3 is 15.4 Å². The number of hydrogen-bond donors (Lipinski definition) is 2. The van der Waals surface area contributed by atoms with Crippen LogP contribution < -0.4 is 15.4 Å². The molecule has 1 aliphatic heterocycles. The highest BCUT2D eigenvalue weighted by Crippen LogP contribution is 2.13. The predicted octanol–water partition coefficient (Wildman–Crippen LogP) is 2.46. The van der Waals surface area contributed by atoms with Crippen molar-refractivity contribution in [2.24, 2.45) is 4.99 Å². The molecular weight excluding hydrogens is 276 g/mol. The average Bonchev–Trinajstić information content (AvgIpc) is 3.01. The SMILES string of the molecule is CCc1cncc(OC[C@@H]2CN=C(Nc3ccccc3)N2)c1. The van der Waals surface area contributed by atoms with Crippen molar-refractivity contribution >= 4 is 11.6 Å². The zero-order valence-electron chi connectivity index (χ0n) is 12.6. The molecule has 0 unspecified atom stereocenters. The largest absolute Gasteiger partial charge is 0.490 e. The maximum absolute atomic E-state index is 5.80. The van der Waals surface area contributed by atoms with Crippen molar-refractivity contribution in [1.29, 1.82) is 0 Å². The zero-order valence-corrected chi connectivity index (χ0v) is 12.6. The van der Waals surface area contributed by atoms with Gasteiger partial charge >= 0.3 is 0 Å². The van der Waals surface area contributed by atoms with E-state index in [1.54, 1.807) is 6.20 Å². The summed E-state index contributed by atoms with van der Waals surface area (Å²) in [6.07, 6.45) is 4.57. The number of rotatable bonds is 5. The van der Waals surface area contributed by atoms with Gasteiger partial charge in [-0.2, -0.15) is 0 Å². The summed E-state index contributed by atoms with van der Waals surface area (Å²) in [4.78, 5) is 8.64. The minimum absolute atomic E-state index is 0.177. The molecule has 1 atom stereocenters. The van der Waals surface area contributed by atoms with Crippen LogP contribution in [0, 0.1) is 0 Å². The van der Waals surface area contributed by atoms with E-state index < -0.39 is 0 Å². The van der Waals surface area contributed by atoms with Crippen LogP contribution in [0.2, 0.25) is 0 Å². The Balaban J connectivity index is 1.48. The maximum atomic E-state index is 5.80. The smallest absolute Gasteiger partial charge is 0.196 e. The van der Waals surface area contributed by atoms with Crippen molar-refractivity contribution in [3.8, 4) is 5.75 Å². The molecule has 114 valence electrons. The van der Waals surface area contributed by atoms with Gasteiger partial charge in [0, 0.05) is 11.9 Å². The van der Waals surface area contributed by atoms with E-state index in [1.807, 2.05) is 42.6 Å². The maximum Gasteiger partial charge on any atom is 0.196 e. The Kier molecular flexibility index (Phi) is 4.53. The first-order chi connectivity index (χ1) is 10.8. The second-order valence-corrected chi connectivity index (χ2v) is 5.22. The predicted molar refractivity (Wildman–Crippen MR) is 88.4 cm³/mol. The lowest BCUT2D eigenvalue weighted by Crippen LogP contribution is -2.38. The van der Waals surface area contributed by atoms with Crippen LogP contribution in [-0.4, -0.2) is 30.1 Å². The molecule has 1 aromatic heterocycles. The van der Waals surface area contributed by atoms with Crippen molar-refractivity contribution in [2.45, 2.75) is 19.4 Å². The second-order valence-electron chi connectivity index (χ2n) is 5.22. The molecule has 0 spiro atoms. The molecule has 0 saturated heterocycles. The molecule has 0 aliphatic carbocycles. The second kappa shape index (κ2) is 6.93. The van der Waals surface area contributed by atoms with Gasteiger partial charge in [0.05, 0.1) is 18.8 Å². The van der Waals surface area contributed by atoms with Crippen LogP contribution in [0.25, 0.3) is 0 Å². The van der Waals surface area contributed by atoms with Gasteiger partial charge in [-0.15, -0.1) is 0 Å². The van der Waals surface area contributed by atoms with Crippen LogP contribution in [0.4, 0.5) is 5.69 Å². The van der Waals surface area contributed by atoms with Gasteiger partial charge in [0.25, 0.3) is 0 Å². The van der Waals surface area contributed by atoms with E-state index in [1.165, 1.54) is 5.56 Å². The van der Waals surface area contributed by atoms with Gasteiger partial charge in [-0.25, -0.2) is 0 Å². The number of nitrogens with one attached hydrogen (secondary N) is 2. The molecule has 3 rings (SSSR count). The summed E-state index contributed by atoms with van der Waals surface area (Å²) in [7, 11) is 0. The average molecular weight is 296 g/mol. The third-order valence-electron chi connectivity index (χ3n) is 3.48. The van der Waals surface area contributed by atoms with Crippen molar-refractivity contribution in [3.63, 3.8) is 0 Å². The summed E-state index contributed by atoms with van der Waals surface area (Å²) in [6, 6.07) is 12.2. The molecule has 2 aromatic rings. The lowest BCUT2D eigenvalue weighted by atomic mass is 10.2. The molecule has 0 fully saturated rings. The summed E-state index contributed by atoms with van der Waals surface area (Å²) < 4.78 is 5.80. The van der Waals surface area contributed by atoms with Crippen molar-refractivity contribution < 1.29 is 4.74 Å². The first kappa shape index (κ1) is 14.4. The highest BCUT2D eigenvalue weighted by atomic mass is 16.5. The standard InChI is InChI=1S/C17H20N4O/c1-2-13-8-16(11-18-9-13)22-12-15-10-19-17(21-15)20-14-6-4-3-5-7-14/h3-9,11,15H,2,10,12H2,1H3,(H2,19,20,21)/t15-/m0/s1. The highest BCUT2D eigenvalue weighted by molar-refractivity contribution is 5.94. The quantitative estimate of drug-likeness (QED) is 0.890. The molecule has 2 N–H and O–H groups in total. The number of aryl methyl sites for hydroxylation is 1. The monoisotopic (exact) mass is 296 g/mol. The molecule has 5 heteroatoms. The lowest BCUT2D eigenvalue weighted by molar-refractivity contribution is 0.284. The Morgan fingerprint density at radius 2 is 2.14 bits per heavy atom. The minimum Gasteiger partial charge on any atom is -0.490 e. The fourth-order valence-electron chi connectivity index (χ4n) is 2.25. The minimum atomic E-state index is 0.177. The van der Waals surface area contributed by atoms with Gasteiger partial charge in [-0.3, -0.25) is 9.98 Å². The number of nitrogens with zero attached hydrogens (tertiary/aromatic N) is 2. The Labute approximate surface area is 130 Å². The number of ether oxygens (including phenoxy) is 1. The molecule has 0 bridgehead atoms. The summed E-state index contributed by atoms with van der Waals surface area (Å²) in [5, 5.41) is 6.59. The van der Waals surface area contributed by atoms with E-state index in [9.17, 15) is 0 Å². The number of pyridine rings is 1. The normalized spacial score (nSPS) is 16.8. The number of guanidine groups is 1. The van der Waals surface area contributed by atoms with Gasteiger partial charge in [0.2, 0.25) is 0 Å². The summed E-state index contributed by atoms with van der Waals surface area (Å²) in [5.74, 6) is 1.60. The molecule has 2 heterocycles. The molecular formula is C17H20N4O. The fraction of sp³-hybridized carbons (Fsp3) is 0.294. The number of hydrogen-bond acceptors (Lipinski definition) is 5. The van der Waals surface area contributed by atoms with E-state index in [0.717, 1.165) is 23.8 Å². The topological polar surface area (TPSA) is 58.5 Å². The van der Waals surface area contributed by atoms with Crippen LogP contribution in [0.5, 0.6) is 5.75 Å². The van der Waals surface area contributed by atoms with E-state index >= 15 is 0 Å². The van der Waals surface area contributed by atoms with Crippen molar-refractivity contribution in [3.05, 3.63) is 54.4 Å². The third kappa shape index (κ3) is 3.75. The van der Waals surface area contributed by atoms with E-state index in [-0.39, 0.29) is 6.04 Å². The first-order valence-electron chi connectivity index (χ1n) is 7.53. The first-order valence-corrected chi connectivity index (χ1v) is 7.53. The van der Waals surface area contributed by atoms with Gasteiger partial charge in [-0.05, 0) is 30.2 Å². The third-order valence-corrected chi connectivity index (χ3v) is 3.48. The van der Waals surface area contributed by atoms with E-state index in [4.69, 9.17) is 4.74 Å². The Bertz CT molecular complexity index is 642. The number of benzene rings is 1.